The van der Waals surface area contributed by atoms with Crippen molar-refractivity contribution in [2.24, 2.45) is 0 Å². The monoisotopic (exact) mass is 310 g/mol. The number of nitrogens with zero attached hydrogens (tertiary/aromatic N) is 2. The average Bonchev–Trinajstić information content (AvgIpc) is 2.84. The lowest BCUT2D eigenvalue weighted by Gasteiger charge is -2.29. The Hall–Kier alpha value is -1.86. The second-order valence-corrected chi connectivity index (χ2v) is 5.80. The summed E-state index contributed by atoms with van der Waals surface area (Å²) in [6.07, 6.45) is -0.574. The molecule has 2 aliphatic heterocycles. The molecule has 3 rings (SSSR count). The van der Waals surface area contributed by atoms with E-state index in [2.05, 4.69) is 0 Å². The van der Waals surface area contributed by atoms with E-state index in [1.54, 1.807) is 19.1 Å². The fraction of sp³-hybridized carbons (Fsp3) is 0.533. The molecule has 7 heteroatoms. The smallest absolute Gasteiger partial charge is 0.415 e. The van der Waals surface area contributed by atoms with Gasteiger partial charge < -0.3 is 19.5 Å². The van der Waals surface area contributed by atoms with Crippen LogP contribution in [0, 0.1) is 5.82 Å². The lowest BCUT2D eigenvalue weighted by Crippen LogP contribution is -2.37. The summed E-state index contributed by atoms with van der Waals surface area (Å²) in [5, 5.41) is 9.28. The summed E-state index contributed by atoms with van der Waals surface area (Å²) < 4.78 is 24.8. The SMILES string of the molecule is C[C@]1(CO)CN(c2ccc(N3CCOCC3)c(F)c2)C(=O)O1. The summed E-state index contributed by atoms with van der Waals surface area (Å²) in [6, 6.07) is 4.69. The Balaban J connectivity index is 1.81. The van der Waals surface area contributed by atoms with E-state index in [4.69, 9.17) is 9.47 Å². The van der Waals surface area contributed by atoms with Gasteiger partial charge in [-0.15, -0.1) is 0 Å². The van der Waals surface area contributed by atoms with Gasteiger partial charge in [-0.3, -0.25) is 4.90 Å². The quantitative estimate of drug-likeness (QED) is 0.913. The van der Waals surface area contributed by atoms with Crippen LogP contribution in [0.25, 0.3) is 0 Å². The van der Waals surface area contributed by atoms with E-state index < -0.39 is 11.7 Å². The van der Waals surface area contributed by atoms with E-state index in [1.807, 2.05) is 4.90 Å². The number of benzene rings is 1. The molecule has 0 unspecified atom stereocenters. The van der Waals surface area contributed by atoms with E-state index in [1.165, 1.54) is 11.0 Å². The zero-order valence-electron chi connectivity index (χ0n) is 12.4. The van der Waals surface area contributed by atoms with Gasteiger partial charge in [0.1, 0.15) is 5.82 Å². The maximum atomic E-state index is 14.4. The molecule has 1 atom stereocenters. The van der Waals surface area contributed by atoms with Crippen molar-refractivity contribution in [1.82, 2.24) is 0 Å². The molecule has 0 bridgehead atoms. The van der Waals surface area contributed by atoms with E-state index in [-0.39, 0.29) is 19.0 Å². The summed E-state index contributed by atoms with van der Waals surface area (Å²) >= 11 is 0. The Morgan fingerprint density at radius 1 is 1.36 bits per heavy atom. The largest absolute Gasteiger partial charge is 0.438 e. The Labute approximate surface area is 128 Å². The highest BCUT2D eigenvalue weighted by Gasteiger charge is 2.41. The van der Waals surface area contributed by atoms with Gasteiger partial charge in [-0.2, -0.15) is 0 Å². The molecule has 0 radical (unpaired) electrons. The van der Waals surface area contributed by atoms with Gasteiger partial charge in [-0.25, -0.2) is 9.18 Å². The van der Waals surface area contributed by atoms with Crippen LogP contribution in [0.4, 0.5) is 20.6 Å². The molecule has 2 fully saturated rings. The Morgan fingerprint density at radius 2 is 2.09 bits per heavy atom. The molecule has 1 amide bonds. The molecular weight excluding hydrogens is 291 g/mol. The topological polar surface area (TPSA) is 62.2 Å². The van der Waals surface area contributed by atoms with Crippen LogP contribution in [0.15, 0.2) is 18.2 Å². The normalized spacial score (nSPS) is 25.5. The summed E-state index contributed by atoms with van der Waals surface area (Å²) in [4.78, 5) is 15.1. The van der Waals surface area contributed by atoms with E-state index in [0.29, 0.717) is 37.7 Å². The molecule has 0 aliphatic carbocycles. The van der Waals surface area contributed by atoms with E-state index in [0.717, 1.165) is 0 Å². The number of cyclic esters (lactones) is 1. The Bertz CT molecular complexity index is 577. The lowest BCUT2D eigenvalue weighted by atomic mass is 10.1. The molecule has 2 heterocycles. The molecule has 1 N–H and O–H groups in total. The van der Waals surface area contributed by atoms with Crippen molar-refractivity contribution in [3.63, 3.8) is 0 Å². The van der Waals surface area contributed by atoms with Gasteiger partial charge in [-0.1, -0.05) is 0 Å². The first kappa shape index (κ1) is 15.1. The Kier molecular flexibility index (Phi) is 3.92. The number of aliphatic hydroxyl groups is 1. The fourth-order valence-corrected chi connectivity index (χ4v) is 2.70. The molecule has 22 heavy (non-hydrogen) atoms. The second kappa shape index (κ2) is 5.73. The number of ether oxygens (including phenoxy) is 2. The summed E-state index contributed by atoms with van der Waals surface area (Å²) in [6.45, 7) is 4.00. The molecule has 2 aliphatic rings. The molecule has 6 nitrogen and oxygen atoms in total. The summed E-state index contributed by atoms with van der Waals surface area (Å²) in [7, 11) is 0. The summed E-state index contributed by atoms with van der Waals surface area (Å²) in [5.74, 6) is -0.384. The molecular formula is C15H19FN2O4. The molecule has 120 valence electrons. The van der Waals surface area contributed by atoms with Gasteiger partial charge in [0.25, 0.3) is 0 Å². The predicted octanol–water partition coefficient (Wildman–Crippen LogP) is 1.37. The average molecular weight is 310 g/mol. The number of aliphatic hydroxyl groups excluding tert-OH is 1. The van der Waals surface area contributed by atoms with Gasteiger partial charge in [0.2, 0.25) is 0 Å². The van der Waals surface area contributed by atoms with Crippen LogP contribution >= 0.6 is 0 Å². The molecule has 0 saturated carbocycles. The van der Waals surface area contributed by atoms with Crippen molar-refractivity contribution >= 4 is 17.5 Å². The van der Waals surface area contributed by atoms with Crippen molar-refractivity contribution in [2.75, 3.05) is 49.3 Å². The van der Waals surface area contributed by atoms with Crippen molar-refractivity contribution in [2.45, 2.75) is 12.5 Å². The van der Waals surface area contributed by atoms with Gasteiger partial charge in [0.05, 0.1) is 37.7 Å². The highest BCUT2D eigenvalue weighted by molar-refractivity contribution is 5.90. The minimum Gasteiger partial charge on any atom is -0.438 e. The van der Waals surface area contributed by atoms with Crippen LogP contribution in [0.3, 0.4) is 0 Å². The van der Waals surface area contributed by atoms with E-state index in [9.17, 15) is 14.3 Å². The minimum atomic E-state index is -0.948. The third-order valence-corrected chi connectivity index (χ3v) is 3.98. The number of hydrogen-bond acceptors (Lipinski definition) is 5. The number of anilines is 2. The number of rotatable bonds is 3. The number of carbonyl (C=O) groups is 1. The first-order valence-electron chi connectivity index (χ1n) is 7.26. The van der Waals surface area contributed by atoms with E-state index >= 15 is 0 Å². The molecule has 0 aromatic heterocycles. The third-order valence-electron chi connectivity index (χ3n) is 3.98. The number of amides is 1. The number of halogens is 1. The highest BCUT2D eigenvalue weighted by Crippen LogP contribution is 2.31. The zero-order valence-corrected chi connectivity index (χ0v) is 12.4. The molecule has 0 spiro atoms. The van der Waals surface area contributed by atoms with Crippen LogP contribution in [0.5, 0.6) is 0 Å². The summed E-state index contributed by atoms with van der Waals surface area (Å²) in [5.41, 5.74) is -0.0163. The molecule has 1 aromatic rings. The van der Waals surface area contributed by atoms with Crippen LogP contribution < -0.4 is 9.80 Å². The van der Waals surface area contributed by atoms with Crippen LogP contribution in [0.2, 0.25) is 0 Å². The van der Waals surface area contributed by atoms with Gasteiger partial charge in [0.15, 0.2) is 5.60 Å². The van der Waals surface area contributed by atoms with Gasteiger partial charge >= 0.3 is 6.09 Å². The van der Waals surface area contributed by atoms with Gasteiger partial charge in [-0.05, 0) is 25.1 Å². The lowest BCUT2D eigenvalue weighted by molar-refractivity contribution is 0.0219. The zero-order chi connectivity index (χ0) is 15.7. The maximum Gasteiger partial charge on any atom is 0.415 e. The minimum absolute atomic E-state index is 0.193. The fourth-order valence-electron chi connectivity index (χ4n) is 2.70. The molecule has 2 saturated heterocycles. The maximum absolute atomic E-state index is 14.4. The van der Waals surface area contributed by atoms with Crippen molar-refractivity contribution < 1.29 is 23.8 Å². The van der Waals surface area contributed by atoms with Crippen LogP contribution in [0.1, 0.15) is 6.92 Å². The number of hydrogen-bond donors (Lipinski definition) is 1. The van der Waals surface area contributed by atoms with Crippen LogP contribution in [-0.4, -0.2) is 56.3 Å². The number of morpholine rings is 1. The molecule has 1 aromatic carbocycles. The number of carbonyl (C=O) groups excluding carboxylic acids is 1. The Morgan fingerprint density at radius 3 is 2.68 bits per heavy atom. The standard InChI is InChI=1S/C15H19FN2O4/c1-15(10-19)9-18(14(20)22-15)11-2-3-13(12(16)8-11)17-4-6-21-7-5-17/h2-3,8,19H,4-7,9-10H2,1H3/t15-/m1/s1. The van der Waals surface area contributed by atoms with Crippen LogP contribution in [-0.2, 0) is 9.47 Å². The van der Waals surface area contributed by atoms with Crippen molar-refractivity contribution in [1.29, 1.82) is 0 Å². The highest BCUT2D eigenvalue weighted by atomic mass is 19.1. The van der Waals surface area contributed by atoms with Crippen molar-refractivity contribution in [3.8, 4) is 0 Å². The third kappa shape index (κ3) is 2.74. The first-order chi connectivity index (χ1) is 10.5. The second-order valence-electron chi connectivity index (χ2n) is 5.80. The van der Waals surface area contributed by atoms with Crippen molar-refractivity contribution in [3.05, 3.63) is 24.0 Å². The predicted molar refractivity (Wildman–Crippen MR) is 78.7 cm³/mol. The van der Waals surface area contributed by atoms with Gasteiger partial charge in [0, 0.05) is 13.1 Å². The first-order valence-corrected chi connectivity index (χ1v) is 7.26.